The van der Waals surface area contributed by atoms with Gasteiger partial charge in [-0.25, -0.2) is 0 Å². The fraction of sp³-hybridized carbons (Fsp3) is 0.929. The predicted molar refractivity (Wildman–Crippen MR) is 74.5 cm³/mol. The highest BCUT2D eigenvalue weighted by Gasteiger charge is 2.29. The molecule has 1 saturated carbocycles. The van der Waals surface area contributed by atoms with Crippen LogP contribution in [0.5, 0.6) is 0 Å². The topological polar surface area (TPSA) is 20.3 Å². The average molecular weight is 255 g/mol. The van der Waals surface area contributed by atoms with E-state index in [0.29, 0.717) is 11.7 Å². The van der Waals surface area contributed by atoms with Crippen LogP contribution >= 0.6 is 11.8 Å². The molecule has 2 fully saturated rings. The van der Waals surface area contributed by atoms with Gasteiger partial charge in [0.2, 0.25) is 0 Å². The molecule has 2 atom stereocenters. The molecule has 0 amide bonds. The summed E-state index contributed by atoms with van der Waals surface area (Å²) in [5, 5.41) is 0. The van der Waals surface area contributed by atoms with Gasteiger partial charge in [-0.2, -0.15) is 11.8 Å². The maximum absolute atomic E-state index is 12.0. The molecule has 0 radical (unpaired) electrons. The Morgan fingerprint density at radius 2 is 2.12 bits per heavy atom. The Labute approximate surface area is 110 Å². The van der Waals surface area contributed by atoms with Crippen LogP contribution in [0.4, 0.5) is 0 Å². The van der Waals surface area contributed by atoms with E-state index in [2.05, 4.69) is 11.8 Å². The maximum atomic E-state index is 12.0. The molecule has 0 aromatic heterocycles. The molecule has 1 aliphatic heterocycles. The standard InChI is InChI=1S/C14H25NOS/c1-2-3-12-4-5-14(16)13(10-12)11-15-6-8-17-9-7-15/h12-13H,2-11H2,1H3. The van der Waals surface area contributed by atoms with Gasteiger partial charge in [-0.3, -0.25) is 4.79 Å². The van der Waals surface area contributed by atoms with Gasteiger partial charge >= 0.3 is 0 Å². The molecule has 1 saturated heterocycles. The van der Waals surface area contributed by atoms with E-state index in [9.17, 15) is 4.79 Å². The summed E-state index contributed by atoms with van der Waals surface area (Å²) in [4.78, 5) is 14.5. The molecular weight excluding hydrogens is 230 g/mol. The number of nitrogens with zero attached hydrogens (tertiary/aromatic N) is 1. The Kier molecular flexibility index (Phi) is 5.36. The Morgan fingerprint density at radius 1 is 1.35 bits per heavy atom. The first-order valence-electron chi connectivity index (χ1n) is 7.12. The monoisotopic (exact) mass is 255 g/mol. The van der Waals surface area contributed by atoms with Crippen molar-refractivity contribution in [3.05, 3.63) is 0 Å². The molecule has 0 aromatic rings. The third-order valence-corrected chi connectivity index (χ3v) is 5.09. The number of carbonyl (C=O) groups is 1. The van der Waals surface area contributed by atoms with E-state index < -0.39 is 0 Å². The summed E-state index contributed by atoms with van der Waals surface area (Å²) in [7, 11) is 0. The van der Waals surface area contributed by atoms with Crippen LogP contribution in [0.1, 0.15) is 39.0 Å². The van der Waals surface area contributed by atoms with Crippen LogP contribution in [0.25, 0.3) is 0 Å². The lowest BCUT2D eigenvalue weighted by Crippen LogP contribution is -2.40. The lowest BCUT2D eigenvalue weighted by molar-refractivity contribution is -0.126. The van der Waals surface area contributed by atoms with Crippen molar-refractivity contribution in [1.82, 2.24) is 4.90 Å². The van der Waals surface area contributed by atoms with Crippen LogP contribution in [-0.4, -0.2) is 41.8 Å². The van der Waals surface area contributed by atoms with Crippen LogP contribution in [0, 0.1) is 11.8 Å². The second-order valence-electron chi connectivity index (χ2n) is 5.51. The molecule has 3 heteroatoms. The smallest absolute Gasteiger partial charge is 0.137 e. The predicted octanol–water partition coefficient (Wildman–Crippen LogP) is 2.82. The van der Waals surface area contributed by atoms with Gasteiger partial charge in [0, 0.05) is 43.5 Å². The first kappa shape index (κ1) is 13.4. The molecular formula is C14H25NOS. The number of carbonyl (C=O) groups excluding carboxylic acids is 1. The normalized spacial score (nSPS) is 31.7. The van der Waals surface area contributed by atoms with Gasteiger partial charge in [0.1, 0.15) is 5.78 Å². The summed E-state index contributed by atoms with van der Waals surface area (Å²) in [6.45, 7) is 5.67. The van der Waals surface area contributed by atoms with E-state index in [1.807, 2.05) is 11.8 Å². The van der Waals surface area contributed by atoms with Crippen molar-refractivity contribution >= 4 is 17.5 Å². The van der Waals surface area contributed by atoms with Crippen molar-refractivity contribution in [2.24, 2.45) is 11.8 Å². The van der Waals surface area contributed by atoms with Crippen molar-refractivity contribution < 1.29 is 4.79 Å². The molecule has 2 unspecified atom stereocenters. The number of rotatable bonds is 4. The average Bonchev–Trinajstić information content (AvgIpc) is 2.35. The summed E-state index contributed by atoms with van der Waals surface area (Å²) >= 11 is 2.04. The molecule has 2 rings (SSSR count). The van der Waals surface area contributed by atoms with E-state index >= 15 is 0 Å². The Balaban J connectivity index is 1.82. The highest BCUT2D eigenvalue weighted by molar-refractivity contribution is 7.99. The minimum Gasteiger partial charge on any atom is -0.301 e. The molecule has 0 spiro atoms. The number of hydrogen-bond donors (Lipinski definition) is 0. The second-order valence-corrected chi connectivity index (χ2v) is 6.73. The fourth-order valence-electron chi connectivity index (χ4n) is 3.14. The summed E-state index contributed by atoms with van der Waals surface area (Å²) in [6, 6.07) is 0. The number of Topliss-reactive ketones (excluding diaryl/α,β-unsaturated/α-hetero) is 1. The molecule has 2 aliphatic rings. The Bertz CT molecular complexity index is 251. The first-order valence-corrected chi connectivity index (χ1v) is 8.28. The molecule has 0 aromatic carbocycles. The quantitative estimate of drug-likeness (QED) is 0.770. The highest BCUT2D eigenvalue weighted by Crippen LogP contribution is 2.30. The zero-order valence-electron chi connectivity index (χ0n) is 11.0. The van der Waals surface area contributed by atoms with Gasteiger partial charge in [-0.15, -0.1) is 0 Å². The number of ketones is 1. The van der Waals surface area contributed by atoms with E-state index in [1.165, 1.54) is 37.4 Å². The van der Waals surface area contributed by atoms with Gasteiger partial charge in [0.15, 0.2) is 0 Å². The van der Waals surface area contributed by atoms with Crippen molar-refractivity contribution in [3.63, 3.8) is 0 Å². The van der Waals surface area contributed by atoms with E-state index in [0.717, 1.165) is 31.7 Å². The minimum atomic E-state index is 0.350. The molecule has 0 bridgehead atoms. The summed E-state index contributed by atoms with van der Waals surface area (Å²) < 4.78 is 0. The van der Waals surface area contributed by atoms with Crippen LogP contribution in [0.15, 0.2) is 0 Å². The van der Waals surface area contributed by atoms with Gasteiger partial charge in [0.25, 0.3) is 0 Å². The van der Waals surface area contributed by atoms with E-state index in [1.54, 1.807) is 0 Å². The number of hydrogen-bond acceptors (Lipinski definition) is 3. The summed E-state index contributed by atoms with van der Waals surface area (Å²) in [5.41, 5.74) is 0. The summed E-state index contributed by atoms with van der Waals surface area (Å²) in [5.74, 6) is 4.21. The molecule has 0 N–H and O–H groups in total. The molecule has 1 heterocycles. The number of thioether (sulfide) groups is 1. The Morgan fingerprint density at radius 3 is 2.82 bits per heavy atom. The van der Waals surface area contributed by atoms with Crippen LogP contribution in [0.2, 0.25) is 0 Å². The molecule has 1 aliphatic carbocycles. The minimum absolute atomic E-state index is 0.350. The molecule has 98 valence electrons. The third kappa shape index (κ3) is 3.99. The lowest BCUT2D eigenvalue weighted by Gasteiger charge is -2.33. The zero-order valence-corrected chi connectivity index (χ0v) is 11.8. The van der Waals surface area contributed by atoms with Crippen LogP contribution in [-0.2, 0) is 4.79 Å². The molecule has 17 heavy (non-hydrogen) atoms. The van der Waals surface area contributed by atoms with Gasteiger partial charge < -0.3 is 4.90 Å². The van der Waals surface area contributed by atoms with E-state index in [-0.39, 0.29) is 0 Å². The van der Waals surface area contributed by atoms with E-state index in [4.69, 9.17) is 0 Å². The second kappa shape index (κ2) is 6.79. The highest BCUT2D eigenvalue weighted by atomic mass is 32.2. The van der Waals surface area contributed by atoms with Crippen molar-refractivity contribution in [2.75, 3.05) is 31.1 Å². The van der Waals surface area contributed by atoms with Crippen LogP contribution < -0.4 is 0 Å². The fourth-order valence-corrected chi connectivity index (χ4v) is 4.12. The van der Waals surface area contributed by atoms with Crippen molar-refractivity contribution in [3.8, 4) is 0 Å². The van der Waals surface area contributed by atoms with Crippen molar-refractivity contribution in [2.45, 2.75) is 39.0 Å². The van der Waals surface area contributed by atoms with Crippen LogP contribution in [0.3, 0.4) is 0 Å². The maximum Gasteiger partial charge on any atom is 0.137 e. The third-order valence-electron chi connectivity index (χ3n) is 4.15. The molecule has 2 nitrogen and oxygen atoms in total. The van der Waals surface area contributed by atoms with Gasteiger partial charge in [-0.05, 0) is 18.8 Å². The van der Waals surface area contributed by atoms with Crippen molar-refractivity contribution in [1.29, 1.82) is 0 Å². The lowest BCUT2D eigenvalue weighted by atomic mass is 9.78. The largest absolute Gasteiger partial charge is 0.301 e. The summed E-state index contributed by atoms with van der Waals surface area (Å²) in [6.07, 6.45) is 5.75. The van der Waals surface area contributed by atoms with Gasteiger partial charge in [-0.1, -0.05) is 19.8 Å². The van der Waals surface area contributed by atoms with Gasteiger partial charge in [0.05, 0.1) is 0 Å². The zero-order chi connectivity index (χ0) is 12.1. The first-order chi connectivity index (χ1) is 8.29. The SMILES string of the molecule is CCCC1CCC(=O)C(CN2CCSCC2)C1. The Hall–Kier alpha value is -0.0200.